The Morgan fingerprint density at radius 1 is 1.11 bits per heavy atom. The van der Waals surface area contributed by atoms with Crippen molar-refractivity contribution in [2.75, 3.05) is 0 Å². The molecule has 18 heavy (non-hydrogen) atoms. The van der Waals surface area contributed by atoms with E-state index in [4.69, 9.17) is 5.84 Å². The molecule has 94 valence electrons. The molecule has 3 rings (SSSR count). The molecule has 1 atom stereocenters. The first-order valence-electron chi connectivity index (χ1n) is 6.55. The summed E-state index contributed by atoms with van der Waals surface area (Å²) in [6, 6.07) is 6.47. The zero-order valence-corrected chi connectivity index (χ0v) is 10.3. The van der Waals surface area contributed by atoms with Crippen LogP contribution in [0.25, 0.3) is 11.0 Å². The number of fused-ring (bicyclic) bond motifs is 1. The number of hydrogen-bond acceptors (Lipinski definition) is 4. The van der Waals surface area contributed by atoms with E-state index in [1.165, 1.54) is 31.2 Å². The van der Waals surface area contributed by atoms with Gasteiger partial charge >= 0.3 is 0 Å². The van der Waals surface area contributed by atoms with Crippen LogP contribution in [0.15, 0.2) is 30.6 Å². The number of hydrogen-bond donors (Lipinski definition) is 2. The smallest absolute Gasteiger partial charge is 0.0890 e. The van der Waals surface area contributed by atoms with E-state index < -0.39 is 0 Å². The molecule has 1 heterocycles. The van der Waals surface area contributed by atoms with Crippen molar-refractivity contribution < 1.29 is 0 Å². The normalized spacial score (nSPS) is 18.3. The third kappa shape index (κ3) is 2.09. The second-order valence-electron chi connectivity index (χ2n) is 4.99. The SMILES string of the molecule is NNC(c1ccc2nccnc2c1)C1CCCC1. The summed E-state index contributed by atoms with van der Waals surface area (Å²) in [6.07, 6.45) is 8.59. The summed E-state index contributed by atoms with van der Waals surface area (Å²) in [5.74, 6) is 6.39. The van der Waals surface area contributed by atoms with Crippen LogP contribution in [-0.2, 0) is 0 Å². The van der Waals surface area contributed by atoms with Gasteiger partial charge in [-0.1, -0.05) is 18.9 Å². The minimum absolute atomic E-state index is 0.235. The molecular weight excluding hydrogens is 224 g/mol. The summed E-state index contributed by atoms with van der Waals surface area (Å²) >= 11 is 0. The lowest BCUT2D eigenvalue weighted by Crippen LogP contribution is -2.32. The first kappa shape index (κ1) is 11.6. The van der Waals surface area contributed by atoms with Crippen molar-refractivity contribution in [2.45, 2.75) is 31.7 Å². The number of hydrazine groups is 1. The lowest BCUT2D eigenvalue weighted by atomic mass is 9.92. The molecule has 0 amide bonds. The summed E-state index contributed by atoms with van der Waals surface area (Å²) in [5, 5.41) is 0. The molecule has 1 aromatic carbocycles. The molecule has 0 radical (unpaired) electrons. The number of nitrogens with two attached hydrogens (primary N) is 1. The van der Waals surface area contributed by atoms with Crippen LogP contribution in [0.5, 0.6) is 0 Å². The second-order valence-corrected chi connectivity index (χ2v) is 4.99. The molecule has 1 aliphatic rings. The average molecular weight is 242 g/mol. The maximum atomic E-state index is 5.74. The van der Waals surface area contributed by atoms with Crippen LogP contribution in [-0.4, -0.2) is 9.97 Å². The zero-order valence-electron chi connectivity index (χ0n) is 10.3. The first-order valence-corrected chi connectivity index (χ1v) is 6.55. The fraction of sp³-hybridized carbons (Fsp3) is 0.429. The van der Waals surface area contributed by atoms with E-state index in [-0.39, 0.29) is 6.04 Å². The standard InChI is InChI=1S/C14H18N4/c15-18-14(10-3-1-2-4-10)11-5-6-12-13(9-11)17-8-7-16-12/h5-10,14,18H,1-4,15H2. The van der Waals surface area contributed by atoms with Crippen molar-refractivity contribution in [1.82, 2.24) is 15.4 Å². The maximum Gasteiger partial charge on any atom is 0.0890 e. The molecular formula is C14H18N4. The fourth-order valence-corrected chi connectivity index (χ4v) is 2.97. The van der Waals surface area contributed by atoms with Gasteiger partial charge in [0, 0.05) is 18.4 Å². The molecule has 1 aliphatic carbocycles. The molecule has 0 aliphatic heterocycles. The minimum Gasteiger partial charge on any atom is -0.271 e. The monoisotopic (exact) mass is 242 g/mol. The Hall–Kier alpha value is -1.52. The van der Waals surface area contributed by atoms with Crippen molar-refractivity contribution in [3.63, 3.8) is 0 Å². The van der Waals surface area contributed by atoms with Gasteiger partial charge in [-0.2, -0.15) is 0 Å². The van der Waals surface area contributed by atoms with Gasteiger partial charge in [0.1, 0.15) is 0 Å². The number of aromatic nitrogens is 2. The van der Waals surface area contributed by atoms with E-state index in [1.54, 1.807) is 12.4 Å². The molecule has 1 aromatic heterocycles. The van der Waals surface area contributed by atoms with E-state index in [2.05, 4.69) is 27.5 Å². The van der Waals surface area contributed by atoms with E-state index in [1.807, 2.05) is 6.07 Å². The van der Waals surface area contributed by atoms with Gasteiger partial charge in [-0.15, -0.1) is 0 Å². The van der Waals surface area contributed by atoms with Crippen LogP contribution in [0, 0.1) is 5.92 Å². The summed E-state index contributed by atoms with van der Waals surface area (Å²) in [7, 11) is 0. The topological polar surface area (TPSA) is 63.8 Å². The van der Waals surface area contributed by atoms with Gasteiger partial charge in [0.15, 0.2) is 0 Å². The van der Waals surface area contributed by atoms with Gasteiger partial charge in [0.05, 0.1) is 11.0 Å². The summed E-state index contributed by atoms with van der Waals surface area (Å²) in [5.41, 5.74) is 6.07. The molecule has 3 N–H and O–H groups in total. The quantitative estimate of drug-likeness (QED) is 0.640. The van der Waals surface area contributed by atoms with Crippen LogP contribution in [0.2, 0.25) is 0 Å². The highest BCUT2D eigenvalue weighted by molar-refractivity contribution is 5.74. The average Bonchev–Trinajstić information content (AvgIpc) is 2.93. The van der Waals surface area contributed by atoms with Gasteiger partial charge < -0.3 is 0 Å². The van der Waals surface area contributed by atoms with Gasteiger partial charge in [-0.25, -0.2) is 0 Å². The predicted molar refractivity (Wildman–Crippen MR) is 71.6 cm³/mol. The maximum absolute atomic E-state index is 5.74. The van der Waals surface area contributed by atoms with Crippen LogP contribution in [0.4, 0.5) is 0 Å². The Labute approximate surface area is 107 Å². The Kier molecular flexibility index (Phi) is 3.21. The third-order valence-electron chi connectivity index (χ3n) is 3.90. The molecule has 0 spiro atoms. The van der Waals surface area contributed by atoms with E-state index in [0.29, 0.717) is 5.92 Å². The van der Waals surface area contributed by atoms with E-state index >= 15 is 0 Å². The van der Waals surface area contributed by atoms with Crippen molar-refractivity contribution >= 4 is 11.0 Å². The summed E-state index contributed by atoms with van der Waals surface area (Å²) in [6.45, 7) is 0. The van der Waals surface area contributed by atoms with Gasteiger partial charge in [-0.05, 0) is 36.5 Å². The van der Waals surface area contributed by atoms with Crippen LogP contribution >= 0.6 is 0 Å². The zero-order chi connectivity index (χ0) is 12.4. The largest absolute Gasteiger partial charge is 0.271 e. The van der Waals surface area contributed by atoms with Crippen molar-refractivity contribution in [3.8, 4) is 0 Å². The molecule has 4 heteroatoms. The van der Waals surface area contributed by atoms with E-state index in [9.17, 15) is 0 Å². The number of benzene rings is 1. The molecule has 1 unspecified atom stereocenters. The molecule has 4 nitrogen and oxygen atoms in total. The molecule has 2 aromatic rings. The molecule has 0 saturated heterocycles. The molecule has 1 saturated carbocycles. The molecule has 0 bridgehead atoms. The number of rotatable bonds is 3. The second kappa shape index (κ2) is 5.00. The third-order valence-corrected chi connectivity index (χ3v) is 3.90. The lowest BCUT2D eigenvalue weighted by molar-refractivity contribution is 0.374. The Morgan fingerprint density at radius 3 is 2.56 bits per heavy atom. The first-order chi connectivity index (χ1) is 8.88. The van der Waals surface area contributed by atoms with Crippen LogP contribution in [0.3, 0.4) is 0 Å². The highest BCUT2D eigenvalue weighted by Crippen LogP contribution is 2.35. The highest BCUT2D eigenvalue weighted by Gasteiger charge is 2.25. The Balaban J connectivity index is 1.96. The highest BCUT2D eigenvalue weighted by atomic mass is 15.2. The molecule has 1 fully saturated rings. The van der Waals surface area contributed by atoms with Gasteiger partial charge in [-0.3, -0.25) is 21.2 Å². The Morgan fingerprint density at radius 2 is 1.83 bits per heavy atom. The van der Waals surface area contributed by atoms with Crippen molar-refractivity contribution in [3.05, 3.63) is 36.2 Å². The van der Waals surface area contributed by atoms with E-state index in [0.717, 1.165) is 11.0 Å². The van der Waals surface area contributed by atoms with Crippen LogP contribution in [0.1, 0.15) is 37.3 Å². The fourth-order valence-electron chi connectivity index (χ4n) is 2.97. The van der Waals surface area contributed by atoms with Gasteiger partial charge in [0.2, 0.25) is 0 Å². The number of nitrogens with zero attached hydrogens (tertiary/aromatic N) is 2. The minimum atomic E-state index is 0.235. The summed E-state index contributed by atoms with van der Waals surface area (Å²) < 4.78 is 0. The summed E-state index contributed by atoms with van der Waals surface area (Å²) in [4.78, 5) is 8.64. The van der Waals surface area contributed by atoms with Crippen molar-refractivity contribution in [1.29, 1.82) is 0 Å². The Bertz CT molecular complexity index is 534. The van der Waals surface area contributed by atoms with Crippen molar-refractivity contribution in [2.24, 2.45) is 11.8 Å². The number of nitrogens with one attached hydrogen (secondary N) is 1. The predicted octanol–water partition coefficient (Wildman–Crippen LogP) is 2.32. The van der Waals surface area contributed by atoms with Gasteiger partial charge in [0.25, 0.3) is 0 Å². The lowest BCUT2D eigenvalue weighted by Gasteiger charge is -2.23. The van der Waals surface area contributed by atoms with Crippen LogP contribution < -0.4 is 11.3 Å².